The van der Waals surface area contributed by atoms with Crippen LogP contribution in [0.15, 0.2) is 65.2 Å². The topological polar surface area (TPSA) is 77.0 Å². The van der Waals surface area contributed by atoms with E-state index in [1.54, 1.807) is 4.68 Å². The molecule has 5 rings (SSSR count). The van der Waals surface area contributed by atoms with Crippen LogP contribution in [0, 0.1) is 12.8 Å². The molecule has 2 aromatic carbocycles. The lowest BCUT2D eigenvalue weighted by atomic mass is 9.94. The van der Waals surface area contributed by atoms with Crippen molar-refractivity contribution in [2.75, 3.05) is 13.1 Å². The molecular weight excluding hydrogens is 414 g/mol. The maximum absolute atomic E-state index is 13.3. The van der Waals surface area contributed by atoms with E-state index in [4.69, 9.17) is 4.52 Å². The number of likely N-dealkylation sites (tertiary alicyclic amines) is 1. The van der Waals surface area contributed by atoms with Crippen LogP contribution in [0.4, 0.5) is 0 Å². The monoisotopic (exact) mass is 441 g/mol. The van der Waals surface area contributed by atoms with Crippen LogP contribution in [0.1, 0.15) is 34.8 Å². The largest absolute Gasteiger partial charge is 0.339 e. The number of piperidine rings is 1. The zero-order valence-electron chi connectivity index (χ0n) is 18.9. The van der Waals surface area contributed by atoms with E-state index in [1.165, 1.54) is 0 Å². The van der Waals surface area contributed by atoms with Crippen molar-refractivity contribution in [2.45, 2.75) is 26.2 Å². The van der Waals surface area contributed by atoms with E-state index < -0.39 is 0 Å². The molecule has 0 N–H and O–H groups in total. The molecule has 0 bridgehead atoms. The maximum atomic E-state index is 13.3. The van der Waals surface area contributed by atoms with Gasteiger partial charge in [0.05, 0.1) is 5.69 Å². The Morgan fingerprint density at radius 1 is 1.12 bits per heavy atom. The van der Waals surface area contributed by atoms with Gasteiger partial charge in [-0.2, -0.15) is 10.1 Å². The van der Waals surface area contributed by atoms with E-state index >= 15 is 0 Å². The highest BCUT2D eigenvalue weighted by molar-refractivity contribution is 5.93. The van der Waals surface area contributed by atoms with Gasteiger partial charge < -0.3 is 9.42 Å². The summed E-state index contributed by atoms with van der Waals surface area (Å²) in [6, 6.07) is 19.8. The van der Waals surface area contributed by atoms with Crippen molar-refractivity contribution in [2.24, 2.45) is 13.0 Å². The van der Waals surface area contributed by atoms with E-state index in [-0.39, 0.29) is 11.8 Å². The summed E-state index contributed by atoms with van der Waals surface area (Å²) in [5.74, 6) is 1.55. The molecule has 0 unspecified atom stereocenters. The fourth-order valence-corrected chi connectivity index (χ4v) is 4.51. The second-order valence-electron chi connectivity index (χ2n) is 8.69. The minimum atomic E-state index is 0.0167. The van der Waals surface area contributed by atoms with Crippen molar-refractivity contribution in [3.63, 3.8) is 0 Å². The molecule has 0 aliphatic carbocycles. The molecule has 168 valence electrons. The lowest BCUT2D eigenvalue weighted by Crippen LogP contribution is -2.41. The van der Waals surface area contributed by atoms with Crippen LogP contribution in [0.3, 0.4) is 0 Å². The van der Waals surface area contributed by atoms with Gasteiger partial charge in [-0.3, -0.25) is 9.48 Å². The van der Waals surface area contributed by atoms with Crippen LogP contribution in [0.25, 0.3) is 22.6 Å². The third-order valence-electron chi connectivity index (χ3n) is 6.29. The average Bonchev–Trinajstić information content (AvgIpc) is 3.46. The Labute approximate surface area is 193 Å². The Morgan fingerprint density at radius 2 is 1.91 bits per heavy atom. The quantitative estimate of drug-likeness (QED) is 0.454. The highest BCUT2D eigenvalue weighted by Crippen LogP contribution is 2.25. The first-order valence-electron chi connectivity index (χ1n) is 11.4. The summed E-state index contributed by atoms with van der Waals surface area (Å²) in [6.07, 6.45) is 2.66. The number of rotatable bonds is 5. The Hall–Kier alpha value is -3.74. The fraction of sp³-hybridized carbons (Fsp3) is 0.308. The van der Waals surface area contributed by atoms with Gasteiger partial charge in [0.1, 0.15) is 5.69 Å². The average molecular weight is 442 g/mol. The Bertz CT molecular complexity index is 1260. The summed E-state index contributed by atoms with van der Waals surface area (Å²) < 4.78 is 7.23. The summed E-state index contributed by atoms with van der Waals surface area (Å²) in [6.45, 7) is 3.46. The smallest absolute Gasteiger partial charge is 0.272 e. The molecule has 7 heteroatoms. The highest BCUT2D eigenvalue weighted by atomic mass is 16.5. The number of aryl methyl sites for hydroxylation is 2. The van der Waals surface area contributed by atoms with Gasteiger partial charge in [0.2, 0.25) is 11.7 Å². The second kappa shape index (κ2) is 9.02. The van der Waals surface area contributed by atoms with Crippen LogP contribution in [-0.4, -0.2) is 43.8 Å². The van der Waals surface area contributed by atoms with Gasteiger partial charge in [0, 0.05) is 37.7 Å². The number of carbonyl (C=O) groups is 1. The van der Waals surface area contributed by atoms with Gasteiger partial charge in [-0.1, -0.05) is 59.8 Å². The molecule has 3 heterocycles. The van der Waals surface area contributed by atoms with E-state index in [9.17, 15) is 4.79 Å². The molecule has 1 atom stereocenters. The van der Waals surface area contributed by atoms with E-state index in [0.717, 1.165) is 41.8 Å². The molecule has 4 aromatic rings. The zero-order chi connectivity index (χ0) is 22.8. The van der Waals surface area contributed by atoms with E-state index in [1.807, 2.05) is 79.5 Å². The predicted octanol–water partition coefficient (Wildman–Crippen LogP) is 4.54. The molecule has 1 aliphatic rings. The van der Waals surface area contributed by atoms with Crippen molar-refractivity contribution in [3.05, 3.63) is 77.8 Å². The highest BCUT2D eigenvalue weighted by Gasteiger charge is 2.28. The Balaban J connectivity index is 1.27. The summed E-state index contributed by atoms with van der Waals surface area (Å²) in [5, 5.41) is 8.74. The van der Waals surface area contributed by atoms with Crippen LogP contribution >= 0.6 is 0 Å². The minimum absolute atomic E-state index is 0.0167. The molecule has 0 spiro atoms. The molecule has 1 saturated heterocycles. The van der Waals surface area contributed by atoms with Crippen molar-refractivity contribution < 1.29 is 9.32 Å². The summed E-state index contributed by atoms with van der Waals surface area (Å²) in [7, 11) is 1.83. The minimum Gasteiger partial charge on any atom is -0.339 e. The molecule has 1 amide bonds. The molecule has 33 heavy (non-hydrogen) atoms. The molecule has 0 radical (unpaired) electrons. The number of nitrogens with zero attached hydrogens (tertiary/aromatic N) is 5. The van der Waals surface area contributed by atoms with Crippen molar-refractivity contribution in [3.8, 4) is 22.6 Å². The molecule has 1 aliphatic heterocycles. The first-order chi connectivity index (χ1) is 16.1. The van der Waals surface area contributed by atoms with Crippen molar-refractivity contribution in [1.82, 2.24) is 24.8 Å². The van der Waals surface area contributed by atoms with Gasteiger partial charge in [-0.15, -0.1) is 0 Å². The summed E-state index contributed by atoms with van der Waals surface area (Å²) in [5.41, 5.74) is 4.52. The van der Waals surface area contributed by atoms with Gasteiger partial charge in [0.25, 0.3) is 5.91 Å². The molecule has 2 aromatic heterocycles. The molecule has 7 nitrogen and oxygen atoms in total. The lowest BCUT2D eigenvalue weighted by molar-refractivity contribution is 0.0657. The Morgan fingerprint density at radius 3 is 2.73 bits per heavy atom. The van der Waals surface area contributed by atoms with Gasteiger partial charge in [-0.05, 0) is 37.3 Å². The first kappa shape index (κ1) is 21.1. The molecule has 1 fully saturated rings. The number of aromatic nitrogens is 4. The predicted molar refractivity (Wildman–Crippen MR) is 125 cm³/mol. The summed E-state index contributed by atoms with van der Waals surface area (Å²) >= 11 is 0. The standard InChI is InChI=1S/C26H27N5O2/c1-18-9-6-7-13-21(18)25-27-24(33-29-25)15-19-10-8-14-31(17-19)26(32)23-16-22(28-30(23)2)20-11-4-3-5-12-20/h3-7,9,11-13,16,19H,8,10,14-15,17H2,1-2H3/t19-/m1/s1. The number of benzene rings is 2. The number of carbonyl (C=O) groups excluding carboxylic acids is 1. The van der Waals surface area contributed by atoms with Crippen LogP contribution in [0.5, 0.6) is 0 Å². The van der Waals surface area contributed by atoms with E-state index in [0.29, 0.717) is 30.4 Å². The number of amides is 1. The lowest BCUT2D eigenvalue weighted by Gasteiger charge is -2.32. The van der Waals surface area contributed by atoms with Crippen LogP contribution in [0.2, 0.25) is 0 Å². The van der Waals surface area contributed by atoms with Crippen LogP contribution < -0.4 is 0 Å². The number of hydrogen-bond acceptors (Lipinski definition) is 5. The third-order valence-corrected chi connectivity index (χ3v) is 6.29. The Kier molecular flexibility index (Phi) is 5.77. The number of hydrogen-bond donors (Lipinski definition) is 0. The van der Waals surface area contributed by atoms with Gasteiger partial charge in [-0.25, -0.2) is 0 Å². The van der Waals surface area contributed by atoms with Crippen LogP contribution in [-0.2, 0) is 13.5 Å². The zero-order valence-corrected chi connectivity index (χ0v) is 18.9. The maximum Gasteiger partial charge on any atom is 0.272 e. The molecule has 0 saturated carbocycles. The van der Waals surface area contributed by atoms with Crippen molar-refractivity contribution in [1.29, 1.82) is 0 Å². The third kappa shape index (κ3) is 4.44. The summed E-state index contributed by atoms with van der Waals surface area (Å²) in [4.78, 5) is 19.9. The second-order valence-corrected chi connectivity index (χ2v) is 8.69. The van der Waals surface area contributed by atoms with E-state index in [2.05, 4.69) is 15.2 Å². The first-order valence-corrected chi connectivity index (χ1v) is 11.4. The SMILES string of the molecule is Cc1ccccc1-c1noc(C[C@H]2CCCN(C(=O)c3cc(-c4ccccc4)nn3C)C2)n1. The normalized spacial score (nSPS) is 16.2. The molecular formula is C26H27N5O2. The van der Waals surface area contributed by atoms with Gasteiger partial charge >= 0.3 is 0 Å². The van der Waals surface area contributed by atoms with Gasteiger partial charge in [0.15, 0.2) is 0 Å². The van der Waals surface area contributed by atoms with Crippen molar-refractivity contribution >= 4 is 5.91 Å². The fourth-order valence-electron chi connectivity index (χ4n) is 4.51.